The second-order valence-electron chi connectivity index (χ2n) is 5.09. The van der Waals surface area contributed by atoms with Crippen LogP contribution >= 0.6 is 0 Å². The fraction of sp³-hybridized carbons (Fsp3) is 0.467. The van der Waals surface area contributed by atoms with Gasteiger partial charge in [0.15, 0.2) is 0 Å². The minimum Gasteiger partial charge on any atom is -0.496 e. The number of nitrogens with zero attached hydrogens (tertiary/aromatic N) is 2. The molecule has 1 aromatic carbocycles. The minimum atomic E-state index is -0.359. The third-order valence-corrected chi connectivity index (χ3v) is 3.58. The summed E-state index contributed by atoms with van der Waals surface area (Å²) in [7, 11) is 4.97. The Balaban J connectivity index is 2.26. The molecule has 1 aromatic rings. The lowest BCUT2D eigenvalue weighted by atomic mass is 10.1. The SMILES string of the molecule is COc1ccccc1C(=O)N1CCCC1C(=O)N(C)C. The van der Waals surface area contributed by atoms with E-state index >= 15 is 0 Å². The summed E-state index contributed by atoms with van der Waals surface area (Å²) in [5.41, 5.74) is 0.508. The number of carbonyl (C=O) groups excluding carboxylic acids is 2. The average molecular weight is 276 g/mol. The smallest absolute Gasteiger partial charge is 0.258 e. The van der Waals surface area contributed by atoms with Gasteiger partial charge in [-0.3, -0.25) is 9.59 Å². The highest BCUT2D eigenvalue weighted by Gasteiger charge is 2.36. The maximum absolute atomic E-state index is 12.6. The average Bonchev–Trinajstić information content (AvgIpc) is 2.94. The molecule has 0 aromatic heterocycles. The van der Waals surface area contributed by atoms with E-state index in [0.29, 0.717) is 17.9 Å². The maximum atomic E-state index is 12.6. The van der Waals surface area contributed by atoms with Gasteiger partial charge in [0.2, 0.25) is 5.91 Å². The van der Waals surface area contributed by atoms with Crippen LogP contribution in [0.5, 0.6) is 5.75 Å². The molecule has 1 saturated heterocycles. The third kappa shape index (κ3) is 2.61. The van der Waals surface area contributed by atoms with Crippen molar-refractivity contribution in [2.24, 2.45) is 0 Å². The molecule has 0 saturated carbocycles. The van der Waals surface area contributed by atoms with Gasteiger partial charge in [-0.15, -0.1) is 0 Å². The Labute approximate surface area is 119 Å². The molecule has 0 spiro atoms. The van der Waals surface area contributed by atoms with Gasteiger partial charge in [-0.1, -0.05) is 12.1 Å². The molecule has 5 heteroatoms. The first-order valence-electron chi connectivity index (χ1n) is 6.71. The largest absolute Gasteiger partial charge is 0.496 e. The highest BCUT2D eigenvalue weighted by Crippen LogP contribution is 2.25. The van der Waals surface area contributed by atoms with E-state index in [1.807, 2.05) is 6.07 Å². The molecule has 0 radical (unpaired) electrons. The van der Waals surface area contributed by atoms with Crippen LogP contribution in [0, 0.1) is 0 Å². The number of amides is 2. The molecule has 20 heavy (non-hydrogen) atoms. The zero-order chi connectivity index (χ0) is 14.7. The van der Waals surface area contributed by atoms with Crippen molar-refractivity contribution in [2.75, 3.05) is 27.7 Å². The Morgan fingerprint density at radius 1 is 1.30 bits per heavy atom. The van der Waals surface area contributed by atoms with E-state index in [1.54, 1.807) is 49.2 Å². The lowest BCUT2D eigenvalue weighted by molar-refractivity contribution is -0.132. The van der Waals surface area contributed by atoms with Crippen LogP contribution in [0.3, 0.4) is 0 Å². The monoisotopic (exact) mass is 276 g/mol. The lowest BCUT2D eigenvalue weighted by Crippen LogP contribution is -2.45. The van der Waals surface area contributed by atoms with Gasteiger partial charge < -0.3 is 14.5 Å². The topological polar surface area (TPSA) is 49.9 Å². The number of hydrogen-bond donors (Lipinski definition) is 0. The Hall–Kier alpha value is -2.04. The van der Waals surface area contributed by atoms with Crippen LogP contribution in [0.25, 0.3) is 0 Å². The summed E-state index contributed by atoms with van der Waals surface area (Å²) in [6.07, 6.45) is 1.57. The van der Waals surface area contributed by atoms with Gasteiger partial charge in [-0.2, -0.15) is 0 Å². The standard InChI is InChI=1S/C15H20N2O3/c1-16(2)15(19)12-8-6-10-17(12)14(18)11-7-4-5-9-13(11)20-3/h4-5,7,9,12H,6,8,10H2,1-3H3. The van der Waals surface area contributed by atoms with Crippen molar-refractivity contribution in [3.63, 3.8) is 0 Å². The van der Waals surface area contributed by atoms with Gasteiger partial charge in [0.1, 0.15) is 11.8 Å². The Morgan fingerprint density at radius 2 is 2.00 bits per heavy atom. The Bertz CT molecular complexity index is 514. The molecule has 1 unspecified atom stereocenters. The van der Waals surface area contributed by atoms with Crippen LogP contribution in [0.4, 0.5) is 0 Å². The van der Waals surface area contributed by atoms with Gasteiger partial charge in [0, 0.05) is 20.6 Å². The summed E-state index contributed by atoms with van der Waals surface area (Å²) in [4.78, 5) is 28.0. The molecule has 2 amide bonds. The maximum Gasteiger partial charge on any atom is 0.258 e. The third-order valence-electron chi connectivity index (χ3n) is 3.58. The molecule has 0 bridgehead atoms. The van der Waals surface area contributed by atoms with E-state index < -0.39 is 0 Å². The summed E-state index contributed by atoms with van der Waals surface area (Å²) in [5.74, 6) is 0.381. The van der Waals surface area contributed by atoms with Gasteiger partial charge in [-0.25, -0.2) is 0 Å². The van der Waals surface area contributed by atoms with E-state index in [9.17, 15) is 9.59 Å². The first-order valence-corrected chi connectivity index (χ1v) is 6.71. The molecule has 1 aliphatic heterocycles. The van der Waals surface area contributed by atoms with Gasteiger partial charge in [-0.05, 0) is 25.0 Å². The summed E-state index contributed by atoms with van der Waals surface area (Å²) >= 11 is 0. The van der Waals surface area contributed by atoms with Crippen molar-refractivity contribution < 1.29 is 14.3 Å². The van der Waals surface area contributed by atoms with Gasteiger partial charge in [0.05, 0.1) is 12.7 Å². The number of rotatable bonds is 3. The zero-order valence-electron chi connectivity index (χ0n) is 12.1. The Kier molecular flexibility index (Phi) is 4.27. The lowest BCUT2D eigenvalue weighted by Gasteiger charge is -2.26. The van der Waals surface area contributed by atoms with Crippen LogP contribution in [0.2, 0.25) is 0 Å². The van der Waals surface area contributed by atoms with Crippen molar-refractivity contribution in [1.29, 1.82) is 0 Å². The minimum absolute atomic E-state index is 0.0225. The van der Waals surface area contributed by atoms with Crippen molar-refractivity contribution in [3.8, 4) is 5.75 Å². The van der Waals surface area contributed by atoms with Crippen LogP contribution < -0.4 is 4.74 Å². The van der Waals surface area contributed by atoms with E-state index in [1.165, 1.54) is 0 Å². The number of methoxy groups -OCH3 is 1. The fourth-order valence-corrected chi connectivity index (χ4v) is 2.54. The molecule has 5 nitrogen and oxygen atoms in total. The van der Waals surface area contributed by atoms with E-state index in [-0.39, 0.29) is 17.9 Å². The van der Waals surface area contributed by atoms with Crippen LogP contribution in [0.15, 0.2) is 24.3 Å². The quantitative estimate of drug-likeness (QED) is 0.838. The second-order valence-corrected chi connectivity index (χ2v) is 5.09. The summed E-state index contributed by atoms with van der Waals surface area (Å²) in [6.45, 7) is 0.612. The molecule has 2 rings (SSSR count). The van der Waals surface area contributed by atoms with E-state index in [0.717, 1.165) is 12.8 Å². The first kappa shape index (κ1) is 14.4. The van der Waals surface area contributed by atoms with Crippen molar-refractivity contribution in [2.45, 2.75) is 18.9 Å². The number of carbonyl (C=O) groups is 2. The van der Waals surface area contributed by atoms with Crippen molar-refractivity contribution >= 4 is 11.8 Å². The molecular formula is C15H20N2O3. The van der Waals surface area contributed by atoms with Gasteiger partial charge in [0.25, 0.3) is 5.91 Å². The first-order chi connectivity index (χ1) is 9.56. The highest BCUT2D eigenvalue weighted by atomic mass is 16.5. The molecular weight excluding hydrogens is 256 g/mol. The van der Waals surface area contributed by atoms with Crippen LogP contribution in [0.1, 0.15) is 23.2 Å². The number of para-hydroxylation sites is 1. The molecule has 0 aliphatic carbocycles. The molecule has 1 fully saturated rings. The molecule has 1 heterocycles. The normalized spacial score (nSPS) is 17.9. The van der Waals surface area contributed by atoms with E-state index in [4.69, 9.17) is 4.74 Å². The van der Waals surface area contributed by atoms with Crippen LogP contribution in [-0.4, -0.2) is 55.4 Å². The zero-order valence-corrected chi connectivity index (χ0v) is 12.1. The van der Waals surface area contributed by atoms with Gasteiger partial charge >= 0.3 is 0 Å². The number of hydrogen-bond acceptors (Lipinski definition) is 3. The highest BCUT2D eigenvalue weighted by molar-refractivity contribution is 6.00. The molecule has 1 aliphatic rings. The van der Waals surface area contributed by atoms with E-state index in [2.05, 4.69) is 0 Å². The summed E-state index contributed by atoms with van der Waals surface area (Å²) in [6, 6.07) is 6.75. The number of likely N-dealkylation sites (tertiary alicyclic amines) is 1. The fourth-order valence-electron chi connectivity index (χ4n) is 2.54. The summed E-state index contributed by atoms with van der Waals surface area (Å²) in [5, 5.41) is 0. The predicted octanol–water partition coefficient (Wildman–Crippen LogP) is 1.39. The molecule has 1 atom stereocenters. The Morgan fingerprint density at radius 3 is 2.65 bits per heavy atom. The van der Waals surface area contributed by atoms with Crippen molar-refractivity contribution in [1.82, 2.24) is 9.80 Å². The number of likely N-dealkylation sites (N-methyl/N-ethyl adjacent to an activating group) is 1. The predicted molar refractivity (Wildman–Crippen MR) is 75.7 cm³/mol. The molecule has 0 N–H and O–H groups in total. The number of ether oxygens (including phenoxy) is 1. The van der Waals surface area contributed by atoms with Crippen LogP contribution in [-0.2, 0) is 4.79 Å². The van der Waals surface area contributed by atoms with Crippen molar-refractivity contribution in [3.05, 3.63) is 29.8 Å². The molecule has 108 valence electrons. The summed E-state index contributed by atoms with van der Waals surface area (Å²) < 4.78 is 5.23. The number of benzene rings is 1. The second kappa shape index (κ2) is 5.94.